The zero-order valence-corrected chi connectivity index (χ0v) is 12.9. The minimum absolute atomic E-state index is 0.247. The minimum atomic E-state index is -0.710. The average Bonchev–Trinajstić information content (AvgIpc) is 3.30. The van der Waals surface area contributed by atoms with Gasteiger partial charge in [0.25, 0.3) is 0 Å². The van der Waals surface area contributed by atoms with Gasteiger partial charge in [0, 0.05) is 19.0 Å². The first-order chi connectivity index (χ1) is 10.1. The van der Waals surface area contributed by atoms with Crippen molar-refractivity contribution in [2.75, 3.05) is 13.7 Å². The third kappa shape index (κ3) is 5.05. The van der Waals surface area contributed by atoms with Gasteiger partial charge < -0.3 is 9.84 Å². The van der Waals surface area contributed by atoms with E-state index in [0.717, 1.165) is 24.8 Å². The fourth-order valence-corrected chi connectivity index (χ4v) is 2.70. The van der Waals surface area contributed by atoms with Crippen molar-refractivity contribution < 1.29 is 14.6 Å². The molecule has 1 fully saturated rings. The number of benzene rings is 1. The van der Waals surface area contributed by atoms with Crippen LogP contribution < -0.4 is 4.74 Å². The summed E-state index contributed by atoms with van der Waals surface area (Å²) in [5.41, 5.74) is 1.25. The van der Waals surface area contributed by atoms with Gasteiger partial charge in [-0.25, -0.2) is 0 Å². The Bertz CT molecular complexity index is 454. The van der Waals surface area contributed by atoms with Crippen molar-refractivity contribution in [1.29, 1.82) is 0 Å². The molecule has 4 heteroatoms. The van der Waals surface area contributed by atoms with Gasteiger partial charge in [-0.2, -0.15) is 0 Å². The van der Waals surface area contributed by atoms with Gasteiger partial charge in [-0.1, -0.05) is 12.1 Å². The summed E-state index contributed by atoms with van der Waals surface area (Å²) >= 11 is 0. The SMILES string of the molecule is COc1ccc(CN(CCCC(=O)O)C(C)C2CC2)cc1. The zero-order chi connectivity index (χ0) is 15.2. The first-order valence-electron chi connectivity index (χ1n) is 7.69. The van der Waals surface area contributed by atoms with E-state index in [-0.39, 0.29) is 6.42 Å². The standard InChI is InChI=1S/C17H25NO3/c1-13(15-7-8-15)18(11-3-4-17(19)20)12-14-5-9-16(21-2)10-6-14/h5-6,9-10,13,15H,3-4,7-8,11-12H2,1-2H3,(H,19,20). The smallest absolute Gasteiger partial charge is 0.303 e. The van der Waals surface area contributed by atoms with Crippen LogP contribution >= 0.6 is 0 Å². The number of carboxylic acids is 1. The Balaban J connectivity index is 1.94. The first kappa shape index (κ1) is 15.8. The van der Waals surface area contributed by atoms with Crippen LogP contribution in [0, 0.1) is 5.92 Å². The predicted octanol–water partition coefficient (Wildman–Crippen LogP) is 3.16. The second-order valence-electron chi connectivity index (χ2n) is 5.89. The maximum atomic E-state index is 10.7. The summed E-state index contributed by atoms with van der Waals surface area (Å²) in [4.78, 5) is 13.1. The second-order valence-corrected chi connectivity index (χ2v) is 5.89. The Kier molecular flexibility index (Phi) is 5.62. The van der Waals surface area contributed by atoms with E-state index in [4.69, 9.17) is 9.84 Å². The van der Waals surface area contributed by atoms with Crippen LogP contribution in [0.25, 0.3) is 0 Å². The number of hydrogen-bond donors (Lipinski definition) is 1. The van der Waals surface area contributed by atoms with Crippen LogP contribution in [0.1, 0.15) is 38.2 Å². The molecule has 2 rings (SSSR count). The van der Waals surface area contributed by atoms with Crippen LogP contribution in [-0.4, -0.2) is 35.7 Å². The number of ether oxygens (including phenoxy) is 1. The van der Waals surface area contributed by atoms with Crippen LogP contribution in [-0.2, 0) is 11.3 Å². The summed E-state index contributed by atoms with van der Waals surface area (Å²) in [6.07, 6.45) is 3.57. The van der Waals surface area contributed by atoms with Gasteiger partial charge >= 0.3 is 5.97 Å². The van der Waals surface area contributed by atoms with E-state index in [0.29, 0.717) is 12.5 Å². The first-order valence-corrected chi connectivity index (χ1v) is 7.69. The van der Waals surface area contributed by atoms with Crippen LogP contribution in [0.2, 0.25) is 0 Å². The van der Waals surface area contributed by atoms with Crippen LogP contribution in [0.15, 0.2) is 24.3 Å². The van der Waals surface area contributed by atoms with Gasteiger partial charge in [-0.3, -0.25) is 9.69 Å². The Morgan fingerprint density at radius 3 is 2.57 bits per heavy atom. The molecular weight excluding hydrogens is 266 g/mol. The molecule has 1 aromatic rings. The summed E-state index contributed by atoms with van der Waals surface area (Å²) < 4.78 is 5.18. The van der Waals surface area contributed by atoms with E-state index in [1.807, 2.05) is 12.1 Å². The number of nitrogens with zero attached hydrogens (tertiary/aromatic N) is 1. The van der Waals surface area contributed by atoms with Gasteiger partial charge in [-0.15, -0.1) is 0 Å². The predicted molar refractivity (Wildman–Crippen MR) is 82.5 cm³/mol. The molecule has 1 atom stereocenters. The molecular formula is C17H25NO3. The van der Waals surface area contributed by atoms with Gasteiger partial charge in [0.1, 0.15) is 5.75 Å². The molecule has 116 valence electrons. The Morgan fingerprint density at radius 2 is 2.05 bits per heavy atom. The van der Waals surface area contributed by atoms with Crippen molar-refractivity contribution in [3.63, 3.8) is 0 Å². The van der Waals surface area contributed by atoms with Crippen molar-refractivity contribution >= 4 is 5.97 Å². The monoisotopic (exact) mass is 291 g/mol. The summed E-state index contributed by atoms with van der Waals surface area (Å²) in [7, 11) is 1.67. The molecule has 4 nitrogen and oxygen atoms in total. The van der Waals surface area contributed by atoms with Crippen molar-refractivity contribution in [2.24, 2.45) is 5.92 Å². The molecule has 1 N–H and O–H groups in total. The summed E-state index contributed by atoms with van der Waals surface area (Å²) in [5, 5.41) is 8.80. The molecule has 0 radical (unpaired) electrons. The highest BCUT2D eigenvalue weighted by molar-refractivity contribution is 5.66. The fraction of sp³-hybridized carbons (Fsp3) is 0.588. The van der Waals surface area contributed by atoms with Crippen LogP contribution in [0.4, 0.5) is 0 Å². The van der Waals surface area contributed by atoms with Gasteiger partial charge in [0.05, 0.1) is 7.11 Å². The molecule has 1 saturated carbocycles. The molecule has 0 aromatic heterocycles. The molecule has 0 amide bonds. The van der Waals surface area contributed by atoms with E-state index in [9.17, 15) is 4.79 Å². The molecule has 0 spiro atoms. The highest BCUT2D eigenvalue weighted by atomic mass is 16.5. The molecule has 0 bridgehead atoms. The number of aliphatic carboxylic acids is 1. The van der Waals surface area contributed by atoms with Crippen molar-refractivity contribution in [2.45, 2.75) is 45.2 Å². The quantitative estimate of drug-likeness (QED) is 0.759. The lowest BCUT2D eigenvalue weighted by Crippen LogP contribution is -2.35. The largest absolute Gasteiger partial charge is 0.497 e. The molecule has 0 saturated heterocycles. The van der Waals surface area contributed by atoms with Crippen molar-refractivity contribution in [3.8, 4) is 5.75 Å². The third-order valence-corrected chi connectivity index (χ3v) is 4.26. The van der Waals surface area contributed by atoms with E-state index in [2.05, 4.69) is 24.0 Å². The number of hydrogen-bond acceptors (Lipinski definition) is 3. The van der Waals surface area contributed by atoms with Crippen molar-refractivity contribution in [1.82, 2.24) is 4.90 Å². The number of carboxylic acid groups (broad SMARTS) is 1. The Morgan fingerprint density at radius 1 is 1.38 bits per heavy atom. The molecule has 0 heterocycles. The fourth-order valence-electron chi connectivity index (χ4n) is 2.70. The number of carbonyl (C=O) groups is 1. The molecule has 1 aliphatic rings. The van der Waals surface area contributed by atoms with Gasteiger partial charge in [-0.05, 0) is 56.3 Å². The lowest BCUT2D eigenvalue weighted by molar-refractivity contribution is -0.137. The number of rotatable bonds is 9. The van der Waals surface area contributed by atoms with E-state index < -0.39 is 5.97 Å². The molecule has 1 unspecified atom stereocenters. The van der Waals surface area contributed by atoms with Crippen LogP contribution in [0.5, 0.6) is 5.75 Å². The maximum Gasteiger partial charge on any atom is 0.303 e. The van der Waals surface area contributed by atoms with E-state index in [1.54, 1.807) is 7.11 Å². The Labute approximate surface area is 126 Å². The lowest BCUT2D eigenvalue weighted by Gasteiger charge is -2.29. The average molecular weight is 291 g/mol. The topological polar surface area (TPSA) is 49.8 Å². The summed E-state index contributed by atoms with van der Waals surface area (Å²) in [6, 6.07) is 8.66. The minimum Gasteiger partial charge on any atom is -0.497 e. The van der Waals surface area contributed by atoms with Crippen molar-refractivity contribution in [3.05, 3.63) is 29.8 Å². The molecule has 1 aliphatic carbocycles. The third-order valence-electron chi connectivity index (χ3n) is 4.26. The summed E-state index contributed by atoms with van der Waals surface area (Å²) in [6.45, 7) is 3.99. The van der Waals surface area contributed by atoms with Crippen LogP contribution in [0.3, 0.4) is 0 Å². The van der Waals surface area contributed by atoms with E-state index >= 15 is 0 Å². The number of methoxy groups -OCH3 is 1. The van der Waals surface area contributed by atoms with E-state index in [1.165, 1.54) is 18.4 Å². The maximum absolute atomic E-state index is 10.7. The lowest BCUT2D eigenvalue weighted by atomic mass is 10.1. The molecule has 0 aliphatic heterocycles. The summed E-state index contributed by atoms with van der Waals surface area (Å²) in [5.74, 6) is 0.943. The Hall–Kier alpha value is -1.55. The highest BCUT2D eigenvalue weighted by Crippen LogP contribution is 2.35. The highest BCUT2D eigenvalue weighted by Gasteiger charge is 2.31. The molecule has 1 aromatic carbocycles. The zero-order valence-electron chi connectivity index (χ0n) is 12.9. The van der Waals surface area contributed by atoms with Gasteiger partial charge in [0.2, 0.25) is 0 Å². The molecule has 21 heavy (non-hydrogen) atoms. The second kappa shape index (κ2) is 7.46. The normalized spacial score (nSPS) is 16.0. The van der Waals surface area contributed by atoms with Gasteiger partial charge in [0.15, 0.2) is 0 Å².